The number of fused-ring (bicyclic) bond motifs is 1. The van der Waals surface area contributed by atoms with Gasteiger partial charge in [-0.25, -0.2) is 4.79 Å². The van der Waals surface area contributed by atoms with Crippen LogP contribution in [0, 0.1) is 5.92 Å². The summed E-state index contributed by atoms with van der Waals surface area (Å²) in [4.78, 5) is 42.3. The number of aliphatic hydroxyl groups is 1. The first-order chi connectivity index (χ1) is 19.8. The molecule has 41 heavy (non-hydrogen) atoms. The van der Waals surface area contributed by atoms with Crippen LogP contribution in [-0.4, -0.2) is 63.2 Å². The Bertz CT molecular complexity index is 1190. The number of nitrogens with zero attached hydrogens (tertiary/aromatic N) is 2. The molecular weight excluding hydrogens is 542 g/mol. The molecule has 1 aliphatic heterocycles. The predicted octanol–water partition coefficient (Wildman–Crippen LogP) is 5.39. The van der Waals surface area contributed by atoms with Crippen LogP contribution in [0.2, 0.25) is 5.02 Å². The molecule has 3 amide bonds. The Morgan fingerprint density at radius 3 is 2.49 bits per heavy atom. The third kappa shape index (κ3) is 8.94. The molecule has 2 atom stereocenters. The third-order valence-electron chi connectivity index (χ3n) is 8.43. The minimum Gasteiger partial charge on any atom is -0.465 e. The summed E-state index contributed by atoms with van der Waals surface area (Å²) in [5.41, 5.74) is 3.13. The van der Waals surface area contributed by atoms with E-state index in [2.05, 4.69) is 17.4 Å². The fourth-order valence-corrected chi connectivity index (χ4v) is 6.35. The lowest BCUT2D eigenvalue weighted by Gasteiger charge is -2.33. The van der Waals surface area contributed by atoms with E-state index in [4.69, 9.17) is 11.6 Å². The fourth-order valence-electron chi connectivity index (χ4n) is 6.13. The first kappa shape index (κ1) is 30.8. The molecule has 2 aliphatic rings. The first-order valence-corrected chi connectivity index (χ1v) is 15.2. The van der Waals surface area contributed by atoms with Crippen molar-refractivity contribution in [2.45, 2.75) is 89.4 Å². The van der Waals surface area contributed by atoms with Gasteiger partial charge in [0.2, 0.25) is 11.8 Å². The molecule has 2 aromatic carbocycles. The standard InChI is InChI=1S/C32H42ClN3O5/c33-27-14-6-10-24(18-27)20-36(32(40)41)29(19-23-8-2-1-3-9-23)31(39)34-28(22-37)15-16-30(38)35-17-7-13-25-11-4-5-12-26(25)21-35/h4-6,10-12,14,18,23,28-29,37H,1-3,7-9,13,15-17,19-22H2,(H,34,39)(H,40,41). The van der Waals surface area contributed by atoms with Gasteiger partial charge in [-0.05, 0) is 60.4 Å². The van der Waals surface area contributed by atoms with Crippen LogP contribution in [0.25, 0.3) is 0 Å². The van der Waals surface area contributed by atoms with Crippen LogP contribution in [-0.2, 0) is 29.1 Å². The normalized spacial score (nSPS) is 17.2. The average Bonchev–Trinajstić information content (AvgIpc) is 3.20. The van der Waals surface area contributed by atoms with Crippen molar-refractivity contribution in [3.8, 4) is 0 Å². The Morgan fingerprint density at radius 2 is 1.78 bits per heavy atom. The number of carbonyl (C=O) groups is 3. The highest BCUT2D eigenvalue weighted by atomic mass is 35.5. The highest BCUT2D eigenvalue weighted by Gasteiger charge is 2.34. The van der Waals surface area contributed by atoms with Crippen molar-refractivity contribution < 1.29 is 24.6 Å². The van der Waals surface area contributed by atoms with Crippen molar-refractivity contribution >= 4 is 29.5 Å². The molecule has 1 aliphatic carbocycles. The lowest BCUT2D eigenvalue weighted by atomic mass is 9.84. The van der Waals surface area contributed by atoms with Crippen LogP contribution < -0.4 is 5.32 Å². The van der Waals surface area contributed by atoms with E-state index in [-0.39, 0.29) is 37.8 Å². The highest BCUT2D eigenvalue weighted by molar-refractivity contribution is 6.30. The molecular formula is C32H42ClN3O5. The van der Waals surface area contributed by atoms with Gasteiger partial charge >= 0.3 is 6.09 Å². The number of aliphatic hydroxyl groups excluding tert-OH is 1. The maximum absolute atomic E-state index is 13.7. The number of aryl methyl sites for hydroxylation is 1. The molecule has 0 saturated heterocycles. The quantitative estimate of drug-likeness (QED) is 0.328. The van der Waals surface area contributed by atoms with Gasteiger partial charge in [0.15, 0.2) is 0 Å². The number of amides is 3. The second kappa shape index (κ2) is 15.2. The van der Waals surface area contributed by atoms with Gasteiger partial charge in [0.05, 0.1) is 12.6 Å². The van der Waals surface area contributed by atoms with Crippen molar-refractivity contribution in [3.05, 3.63) is 70.2 Å². The van der Waals surface area contributed by atoms with E-state index >= 15 is 0 Å². The lowest BCUT2D eigenvalue weighted by molar-refractivity contribution is -0.133. The summed E-state index contributed by atoms with van der Waals surface area (Å²) in [5.74, 6) is -0.197. The SMILES string of the molecule is O=C(NC(CO)CCC(=O)N1CCCc2ccccc2C1)C(CC1CCCCC1)N(Cc1cccc(Cl)c1)C(=O)O. The molecule has 222 valence electrons. The van der Waals surface area contributed by atoms with Crippen LogP contribution in [0.5, 0.6) is 0 Å². The van der Waals surface area contributed by atoms with Crippen molar-refractivity contribution in [2.24, 2.45) is 5.92 Å². The number of carbonyl (C=O) groups excluding carboxylic acids is 2. The molecule has 8 nitrogen and oxygen atoms in total. The summed E-state index contributed by atoms with van der Waals surface area (Å²) in [6.45, 7) is 0.925. The molecule has 2 unspecified atom stereocenters. The van der Waals surface area contributed by atoms with E-state index in [0.29, 0.717) is 30.1 Å². The predicted molar refractivity (Wildman–Crippen MR) is 158 cm³/mol. The largest absolute Gasteiger partial charge is 0.465 e. The van der Waals surface area contributed by atoms with Crippen LogP contribution in [0.1, 0.15) is 74.5 Å². The van der Waals surface area contributed by atoms with E-state index in [9.17, 15) is 24.6 Å². The van der Waals surface area contributed by atoms with Crippen LogP contribution in [0.4, 0.5) is 4.79 Å². The zero-order chi connectivity index (χ0) is 29.2. The molecule has 0 radical (unpaired) electrons. The second-order valence-electron chi connectivity index (χ2n) is 11.4. The Kier molecular flexibility index (Phi) is 11.5. The molecule has 2 aromatic rings. The Morgan fingerprint density at radius 1 is 1.02 bits per heavy atom. The smallest absolute Gasteiger partial charge is 0.408 e. The summed E-state index contributed by atoms with van der Waals surface area (Å²) in [7, 11) is 0. The number of rotatable bonds is 11. The summed E-state index contributed by atoms with van der Waals surface area (Å²) in [6.07, 6.45) is 6.75. The van der Waals surface area contributed by atoms with Gasteiger partial charge in [0.1, 0.15) is 6.04 Å². The van der Waals surface area contributed by atoms with Gasteiger partial charge in [-0.1, -0.05) is 80.1 Å². The van der Waals surface area contributed by atoms with Gasteiger partial charge in [0, 0.05) is 31.1 Å². The highest BCUT2D eigenvalue weighted by Crippen LogP contribution is 2.30. The van der Waals surface area contributed by atoms with Crippen molar-refractivity contribution in [1.82, 2.24) is 15.1 Å². The van der Waals surface area contributed by atoms with Gasteiger partial charge in [-0.15, -0.1) is 0 Å². The first-order valence-electron chi connectivity index (χ1n) is 14.8. The molecule has 1 saturated carbocycles. The zero-order valence-electron chi connectivity index (χ0n) is 23.6. The molecule has 3 N–H and O–H groups in total. The van der Waals surface area contributed by atoms with Crippen LogP contribution >= 0.6 is 11.6 Å². The van der Waals surface area contributed by atoms with Gasteiger partial charge in [-0.2, -0.15) is 0 Å². The Hall–Kier alpha value is -3.10. The molecule has 0 aromatic heterocycles. The van der Waals surface area contributed by atoms with E-state index < -0.39 is 24.1 Å². The van der Waals surface area contributed by atoms with Crippen LogP contribution in [0.3, 0.4) is 0 Å². The minimum atomic E-state index is -1.18. The van der Waals surface area contributed by atoms with E-state index in [1.54, 1.807) is 24.3 Å². The summed E-state index contributed by atoms with van der Waals surface area (Å²) < 4.78 is 0. The lowest BCUT2D eigenvalue weighted by Crippen LogP contribution is -2.52. The monoisotopic (exact) mass is 583 g/mol. The number of hydrogen-bond acceptors (Lipinski definition) is 4. The molecule has 1 heterocycles. The fraction of sp³-hybridized carbons (Fsp3) is 0.531. The zero-order valence-corrected chi connectivity index (χ0v) is 24.4. The Balaban J connectivity index is 1.42. The van der Waals surface area contributed by atoms with E-state index in [1.165, 1.54) is 10.5 Å². The third-order valence-corrected chi connectivity index (χ3v) is 8.66. The Labute approximate surface area is 247 Å². The minimum absolute atomic E-state index is 0.0127. The molecule has 9 heteroatoms. The van der Waals surface area contributed by atoms with Gasteiger partial charge in [-0.3, -0.25) is 14.5 Å². The number of halogens is 1. The average molecular weight is 584 g/mol. The summed E-state index contributed by atoms with van der Waals surface area (Å²) in [5, 5.41) is 23.7. The van der Waals surface area contributed by atoms with E-state index in [1.807, 2.05) is 17.0 Å². The van der Waals surface area contributed by atoms with Crippen LogP contribution in [0.15, 0.2) is 48.5 Å². The molecule has 1 fully saturated rings. The van der Waals surface area contributed by atoms with Crippen molar-refractivity contribution in [3.63, 3.8) is 0 Å². The summed E-state index contributed by atoms with van der Waals surface area (Å²) >= 11 is 6.14. The molecule has 0 bridgehead atoms. The molecule has 4 rings (SSSR count). The maximum Gasteiger partial charge on any atom is 0.408 e. The second-order valence-corrected chi connectivity index (χ2v) is 11.8. The number of benzene rings is 2. The van der Waals surface area contributed by atoms with Crippen molar-refractivity contribution in [2.75, 3.05) is 13.2 Å². The number of hydrogen-bond donors (Lipinski definition) is 3. The van der Waals surface area contributed by atoms with Gasteiger partial charge in [0.25, 0.3) is 0 Å². The molecule has 0 spiro atoms. The summed E-state index contributed by atoms with van der Waals surface area (Å²) in [6, 6.07) is 13.6. The topological polar surface area (TPSA) is 110 Å². The van der Waals surface area contributed by atoms with E-state index in [0.717, 1.165) is 50.5 Å². The maximum atomic E-state index is 13.7. The van der Waals surface area contributed by atoms with Crippen molar-refractivity contribution in [1.29, 1.82) is 0 Å². The van der Waals surface area contributed by atoms with Gasteiger partial charge < -0.3 is 20.4 Å². The number of carboxylic acid groups (broad SMARTS) is 1. The number of nitrogens with one attached hydrogen (secondary N) is 1.